The lowest BCUT2D eigenvalue weighted by Gasteiger charge is -2.25. The number of aryl methyl sites for hydroxylation is 1. The van der Waals surface area contributed by atoms with E-state index in [0.29, 0.717) is 11.8 Å². The molecule has 2 aliphatic rings. The first-order chi connectivity index (χ1) is 10.1. The predicted molar refractivity (Wildman–Crippen MR) is 77.0 cm³/mol. The number of ether oxygens (including phenoxy) is 1. The summed E-state index contributed by atoms with van der Waals surface area (Å²) in [6, 6.07) is 1.91. The zero-order valence-electron chi connectivity index (χ0n) is 12.2. The Kier molecular flexibility index (Phi) is 2.72. The predicted octanol–water partition coefficient (Wildman–Crippen LogP) is 2.46. The molecule has 4 rings (SSSR count). The minimum atomic E-state index is -0.0111. The highest BCUT2D eigenvalue weighted by atomic mass is 16.5. The maximum Gasteiger partial charge on any atom is 0.178 e. The average molecular weight is 283 g/mol. The third kappa shape index (κ3) is 2.00. The van der Waals surface area contributed by atoms with Crippen molar-refractivity contribution in [2.24, 2.45) is 7.05 Å². The summed E-state index contributed by atoms with van der Waals surface area (Å²) in [5, 5.41) is 4.25. The molecule has 0 aliphatic carbocycles. The molecule has 2 aliphatic heterocycles. The Hall–Kier alpha value is -2.01. The fraction of sp³-hybridized carbons (Fsp3) is 0.438. The van der Waals surface area contributed by atoms with Crippen molar-refractivity contribution in [2.75, 3.05) is 0 Å². The molecular formula is C16H17N3O2. The number of nitrogens with zero attached hydrogens (tertiary/aromatic N) is 3. The Labute approximate surface area is 122 Å². The first-order valence-electron chi connectivity index (χ1n) is 7.31. The van der Waals surface area contributed by atoms with Crippen LogP contribution >= 0.6 is 0 Å². The SMILES string of the molecule is CC(=O)c1cc(-c2cnn(C)c2)c2c(n1)[C@@H]1CC[C@H](C2)O1. The van der Waals surface area contributed by atoms with Crippen molar-refractivity contribution in [3.8, 4) is 11.1 Å². The molecule has 1 saturated heterocycles. The largest absolute Gasteiger partial charge is 0.368 e. The lowest BCUT2D eigenvalue weighted by atomic mass is 9.93. The molecule has 0 aromatic carbocycles. The number of carbonyl (C=O) groups is 1. The van der Waals surface area contributed by atoms with E-state index in [-0.39, 0.29) is 11.9 Å². The maximum absolute atomic E-state index is 11.8. The fourth-order valence-electron chi connectivity index (χ4n) is 3.36. The fourth-order valence-corrected chi connectivity index (χ4v) is 3.36. The van der Waals surface area contributed by atoms with Crippen molar-refractivity contribution >= 4 is 5.78 Å². The molecule has 5 heteroatoms. The van der Waals surface area contributed by atoms with Gasteiger partial charge in [0.05, 0.1) is 18.0 Å². The normalized spacial score (nSPS) is 23.1. The third-order valence-electron chi connectivity index (χ3n) is 4.38. The maximum atomic E-state index is 11.8. The standard InChI is InChI=1S/C16H17N3O2/c1-9(20)14-6-12(10-7-17-19(2)8-10)13-5-11-3-4-15(21-11)16(13)18-14/h6-8,11,15H,3-5H2,1-2H3/t11-,15+/m1/s1. The van der Waals surface area contributed by atoms with Gasteiger partial charge in [-0.25, -0.2) is 4.98 Å². The van der Waals surface area contributed by atoms with Crippen molar-refractivity contribution in [3.05, 3.63) is 35.4 Å². The van der Waals surface area contributed by atoms with Gasteiger partial charge < -0.3 is 4.74 Å². The van der Waals surface area contributed by atoms with Crippen LogP contribution in [0.15, 0.2) is 18.5 Å². The zero-order valence-corrected chi connectivity index (χ0v) is 12.2. The molecular weight excluding hydrogens is 266 g/mol. The van der Waals surface area contributed by atoms with Gasteiger partial charge in [-0.3, -0.25) is 9.48 Å². The summed E-state index contributed by atoms with van der Waals surface area (Å²) in [6.45, 7) is 1.56. The number of fused-ring (bicyclic) bond motifs is 4. The third-order valence-corrected chi connectivity index (χ3v) is 4.38. The van der Waals surface area contributed by atoms with Crippen LogP contribution in [0, 0.1) is 0 Å². The van der Waals surface area contributed by atoms with Crippen LogP contribution in [-0.2, 0) is 18.2 Å². The molecule has 2 bridgehead atoms. The van der Waals surface area contributed by atoms with E-state index < -0.39 is 0 Å². The van der Waals surface area contributed by atoms with Crippen LogP contribution in [-0.4, -0.2) is 26.7 Å². The Balaban J connectivity index is 1.95. The van der Waals surface area contributed by atoms with E-state index in [1.165, 1.54) is 5.56 Å². The van der Waals surface area contributed by atoms with Crippen LogP contribution in [0.25, 0.3) is 11.1 Å². The molecule has 5 nitrogen and oxygen atoms in total. The van der Waals surface area contributed by atoms with Gasteiger partial charge in [0.15, 0.2) is 5.78 Å². The molecule has 0 saturated carbocycles. The van der Waals surface area contributed by atoms with Gasteiger partial charge in [0.1, 0.15) is 11.8 Å². The Morgan fingerprint density at radius 3 is 3.00 bits per heavy atom. The molecule has 2 aromatic rings. The second kappa shape index (κ2) is 4.49. The van der Waals surface area contributed by atoms with E-state index in [1.54, 1.807) is 11.6 Å². The topological polar surface area (TPSA) is 57.0 Å². The smallest absolute Gasteiger partial charge is 0.178 e. The number of pyridine rings is 1. The Morgan fingerprint density at radius 2 is 2.29 bits per heavy atom. The minimum absolute atomic E-state index is 0.0111. The summed E-state index contributed by atoms with van der Waals surface area (Å²) in [7, 11) is 1.90. The molecule has 4 heterocycles. The summed E-state index contributed by atoms with van der Waals surface area (Å²) < 4.78 is 7.74. The van der Waals surface area contributed by atoms with Crippen LogP contribution in [0.3, 0.4) is 0 Å². The van der Waals surface area contributed by atoms with Gasteiger partial charge in [-0.1, -0.05) is 0 Å². The number of ketones is 1. The van der Waals surface area contributed by atoms with Crippen molar-refractivity contribution in [1.29, 1.82) is 0 Å². The number of rotatable bonds is 2. The van der Waals surface area contributed by atoms with E-state index in [2.05, 4.69) is 10.1 Å². The summed E-state index contributed by atoms with van der Waals surface area (Å²) in [4.78, 5) is 16.4. The quantitative estimate of drug-likeness (QED) is 0.794. The molecule has 21 heavy (non-hydrogen) atoms. The molecule has 0 N–H and O–H groups in total. The van der Waals surface area contributed by atoms with E-state index in [4.69, 9.17) is 4.74 Å². The van der Waals surface area contributed by atoms with Crippen molar-refractivity contribution in [1.82, 2.24) is 14.8 Å². The number of Topliss-reactive ketones (excluding diaryl/α,β-unsaturated/α-hetero) is 1. The molecule has 0 amide bonds. The van der Waals surface area contributed by atoms with Crippen LogP contribution in [0.1, 0.15) is 47.6 Å². The Bertz CT molecular complexity index is 735. The number of aromatic nitrogens is 3. The highest BCUT2D eigenvalue weighted by Crippen LogP contribution is 2.43. The first kappa shape index (κ1) is 12.7. The average Bonchev–Trinajstić information content (AvgIpc) is 3.05. The zero-order chi connectivity index (χ0) is 14.6. The summed E-state index contributed by atoms with van der Waals surface area (Å²) in [6.07, 6.45) is 7.12. The van der Waals surface area contributed by atoms with Gasteiger partial charge in [-0.2, -0.15) is 5.10 Å². The van der Waals surface area contributed by atoms with Gasteiger partial charge in [0, 0.05) is 32.2 Å². The molecule has 2 aromatic heterocycles. The van der Waals surface area contributed by atoms with Gasteiger partial charge in [0.2, 0.25) is 0 Å². The van der Waals surface area contributed by atoms with Crippen LogP contribution in [0.5, 0.6) is 0 Å². The summed E-state index contributed by atoms with van der Waals surface area (Å²) in [5.74, 6) is -0.0111. The molecule has 108 valence electrons. The van der Waals surface area contributed by atoms with Crippen molar-refractivity contribution in [2.45, 2.75) is 38.4 Å². The van der Waals surface area contributed by atoms with Crippen molar-refractivity contribution < 1.29 is 9.53 Å². The molecule has 1 fully saturated rings. The van der Waals surface area contributed by atoms with Crippen molar-refractivity contribution in [3.63, 3.8) is 0 Å². The van der Waals surface area contributed by atoms with E-state index in [1.807, 2.05) is 25.5 Å². The monoisotopic (exact) mass is 283 g/mol. The molecule has 0 spiro atoms. The highest BCUT2D eigenvalue weighted by Gasteiger charge is 2.36. The van der Waals surface area contributed by atoms with Crippen LogP contribution in [0.2, 0.25) is 0 Å². The van der Waals surface area contributed by atoms with Crippen LogP contribution < -0.4 is 0 Å². The molecule has 0 radical (unpaired) electrons. The second-order valence-electron chi connectivity index (χ2n) is 5.91. The summed E-state index contributed by atoms with van der Waals surface area (Å²) >= 11 is 0. The minimum Gasteiger partial charge on any atom is -0.368 e. The number of carbonyl (C=O) groups excluding carboxylic acids is 1. The second-order valence-corrected chi connectivity index (χ2v) is 5.91. The van der Waals surface area contributed by atoms with Crippen LogP contribution in [0.4, 0.5) is 0 Å². The van der Waals surface area contributed by atoms with Gasteiger partial charge in [0.25, 0.3) is 0 Å². The van der Waals surface area contributed by atoms with E-state index in [9.17, 15) is 4.79 Å². The first-order valence-corrected chi connectivity index (χ1v) is 7.31. The highest BCUT2D eigenvalue weighted by molar-refractivity contribution is 5.93. The van der Waals surface area contributed by atoms with E-state index in [0.717, 1.165) is 36.1 Å². The molecule has 2 atom stereocenters. The Morgan fingerprint density at radius 1 is 1.43 bits per heavy atom. The number of hydrogen-bond donors (Lipinski definition) is 0. The molecule has 0 unspecified atom stereocenters. The van der Waals surface area contributed by atoms with E-state index >= 15 is 0 Å². The number of hydrogen-bond acceptors (Lipinski definition) is 4. The lowest BCUT2D eigenvalue weighted by molar-refractivity contribution is 0.0295. The summed E-state index contributed by atoms with van der Waals surface area (Å²) in [5.41, 5.74) is 4.82. The lowest BCUT2D eigenvalue weighted by Crippen LogP contribution is -2.21. The van der Waals surface area contributed by atoms with Gasteiger partial charge in [-0.15, -0.1) is 0 Å². The van der Waals surface area contributed by atoms with Gasteiger partial charge in [-0.05, 0) is 30.0 Å². The van der Waals surface area contributed by atoms with Gasteiger partial charge >= 0.3 is 0 Å².